The van der Waals surface area contributed by atoms with Crippen molar-refractivity contribution in [3.63, 3.8) is 0 Å². The van der Waals surface area contributed by atoms with Crippen LogP contribution >= 0.6 is 0 Å². The molecule has 1 N–H and O–H groups in total. The molecular formula is C32H56O4. The molecule has 36 heavy (non-hydrogen) atoms. The molecule has 0 heterocycles. The zero-order valence-electron chi connectivity index (χ0n) is 25.3. The smallest absolute Gasteiger partial charge is 0.194 e. The summed E-state index contributed by atoms with van der Waals surface area (Å²) in [5, 5.41) is 11.6. The van der Waals surface area contributed by atoms with Crippen molar-refractivity contribution in [2.45, 2.75) is 157 Å². The Morgan fingerprint density at radius 3 is 1.83 bits per heavy atom. The van der Waals surface area contributed by atoms with Crippen LogP contribution in [0.4, 0.5) is 0 Å². The maximum Gasteiger partial charge on any atom is 0.194 e. The van der Waals surface area contributed by atoms with Gasteiger partial charge < -0.3 is 5.11 Å². The number of carbonyl (C=O) groups is 1. The van der Waals surface area contributed by atoms with Gasteiger partial charge >= 0.3 is 0 Å². The van der Waals surface area contributed by atoms with Crippen LogP contribution in [0.3, 0.4) is 0 Å². The second-order valence-corrected chi connectivity index (χ2v) is 12.9. The van der Waals surface area contributed by atoms with Crippen LogP contribution in [-0.4, -0.2) is 22.1 Å². The largest absolute Gasteiger partial charge is 0.382 e. The molecule has 0 fully saturated rings. The molecule has 1 rings (SSSR count). The van der Waals surface area contributed by atoms with Gasteiger partial charge in [0, 0.05) is 5.56 Å². The highest BCUT2D eigenvalue weighted by molar-refractivity contribution is 6.03. The Balaban J connectivity index is 3.52. The van der Waals surface area contributed by atoms with Gasteiger partial charge in [-0.05, 0) is 74.5 Å². The van der Waals surface area contributed by atoms with Crippen molar-refractivity contribution >= 4 is 5.78 Å². The first-order valence-electron chi connectivity index (χ1n) is 14.4. The van der Waals surface area contributed by atoms with Gasteiger partial charge in [-0.2, -0.15) is 0 Å². The standard InChI is InChI=1S/C32H56O4/c1-12-16-20-31(34,21-17-13-2)28(33)27-22-25(18-19-26(27)24(5)6)32(14-3,15-4)36-35-30(10,11)23-29(7,8)9/h18-19,22,24,34H,12-17,20-21,23H2,1-11H3. The molecule has 0 spiro atoms. The van der Waals surface area contributed by atoms with Gasteiger partial charge in [-0.25, -0.2) is 9.78 Å². The highest BCUT2D eigenvalue weighted by Crippen LogP contribution is 2.39. The number of unbranched alkanes of at least 4 members (excludes halogenated alkanes) is 2. The van der Waals surface area contributed by atoms with E-state index in [-0.39, 0.29) is 17.1 Å². The molecule has 0 aliphatic rings. The SMILES string of the molecule is CCCCC(O)(CCCC)C(=O)c1cc(C(CC)(CC)OOC(C)(C)CC(C)(C)C)ccc1C(C)C. The summed E-state index contributed by atoms with van der Waals surface area (Å²) in [5.74, 6) is 0.0187. The number of aliphatic hydroxyl groups is 1. The summed E-state index contributed by atoms with van der Waals surface area (Å²) >= 11 is 0. The Labute approximate surface area is 222 Å². The second-order valence-electron chi connectivity index (χ2n) is 12.9. The third-order valence-corrected chi connectivity index (χ3v) is 7.28. The first-order valence-corrected chi connectivity index (χ1v) is 14.4. The molecule has 0 radical (unpaired) electrons. The molecule has 1 aromatic carbocycles. The Hall–Kier alpha value is -1.23. The number of hydrogen-bond donors (Lipinski definition) is 1. The minimum absolute atomic E-state index is 0.105. The Morgan fingerprint density at radius 1 is 0.889 bits per heavy atom. The van der Waals surface area contributed by atoms with Gasteiger partial charge in [0.25, 0.3) is 0 Å². The summed E-state index contributed by atoms with van der Waals surface area (Å²) in [7, 11) is 0. The Morgan fingerprint density at radius 2 is 1.42 bits per heavy atom. The molecule has 1 aromatic rings. The number of hydrogen-bond acceptors (Lipinski definition) is 4. The molecular weight excluding hydrogens is 448 g/mol. The normalized spacial score (nSPS) is 13.5. The fourth-order valence-electron chi connectivity index (χ4n) is 5.40. The summed E-state index contributed by atoms with van der Waals surface area (Å²) in [6.07, 6.45) is 6.81. The molecule has 0 amide bonds. The molecule has 0 atom stereocenters. The molecule has 0 aliphatic carbocycles. The molecule has 4 nitrogen and oxygen atoms in total. The quantitative estimate of drug-likeness (QED) is 0.138. The lowest BCUT2D eigenvalue weighted by molar-refractivity contribution is -0.417. The number of carbonyl (C=O) groups excluding carboxylic acids is 1. The average molecular weight is 505 g/mol. The summed E-state index contributed by atoms with van der Waals surface area (Å²) in [4.78, 5) is 26.4. The molecule has 4 heteroatoms. The molecule has 0 saturated heterocycles. The maximum absolute atomic E-state index is 14.0. The zero-order chi connectivity index (χ0) is 27.8. The van der Waals surface area contributed by atoms with Crippen molar-refractivity contribution in [3.8, 4) is 0 Å². The van der Waals surface area contributed by atoms with E-state index in [1.165, 1.54) is 0 Å². The second kappa shape index (κ2) is 13.5. The molecule has 0 saturated carbocycles. The van der Waals surface area contributed by atoms with Crippen LogP contribution in [0.1, 0.15) is 161 Å². The highest BCUT2D eigenvalue weighted by atomic mass is 17.2. The van der Waals surface area contributed by atoms with Gasteiger partial charge in [0.15, 0.2) is 5.78 Å². The topological polar surface area (TPSA) is 55.8 Å². The van der Waals surface area contributed by atoms with Crippen molar-refractivity contribution < 1.29 is 19.7 Å². The molecule has 0 aromatic heterocycles. The van der Waals surface area contributed by atoms with Gasteiger partial charge in [-0.3, -0.25) is 4.79 Å². The summed E-state index contributed by atoms with van der Waals surface area (Å²) in [6, 6.07) is 6.11. The van der Waals surface area contributed by atoms with E-state index in [1.807, 2.05) is 6.07 Å². The minimum Gasteiger partial charge on any atom is -0.382 e. The predicted molar refractivity (Wildman–Crippen MR) is 151 cm³/mol. The summed E-state index contributed by atoms with van der Waals surface area (Å²) < 4.78 is 0. The summed E-state index contributed by atoms with van der Waals surface area (Å²) in [5.41, 5.74) is 0.177. The van der Waals surface area contributed by atoms with Gasteiger partial charge in [0.05, 0.1) is 5.60 Å². The molecule has 208 valence electrons. The molecule has 0 unspecified atom stereocenters. The van der Waals surface area contributed by atoms with Crippen LogP contribution in [0.5, 0.6) is 0 Å². The van der Waals surface area contributed by atoms with E-state index < -0.39 is 16.8 Å². The van der Waals surface area contributed by atoms with Crippen LogP contribution in [0.2, 0.25) is 0 Å². The van der Waals surface area contributed by atoms with Crippen molar-refractivity contribution in [3.05, 3.63) is 34.9 Å². The third-order valence-electron chi connectivity index (χ3n) is 7.28. The van der Waals surface area contributed by atoms with E-state index in [9.17, 15) is 9.90 Å². The fraction of sp³-hybridized carbons (Fsp3) is 0.781. The van der Waals surface area contributed by atoms with Crippen molar-refractivity contribution in [1.82, 2.24) is 0 Å². The minimum atomic E-state index is -1.33. The number of Topliss-reactive ketones (excluding diaryl/α,β-unsaturated/α-hetero) is 1. The monoisotopic (exact) mass is 504 g/mol. The molecule has 0 bridgehead atoms. The predicted octanol–water partition coefficient (Wildman–Crippen LogP) is 9.28. The summed E-state index contributed by atoms with van der Waals surface area (Å²) in [6.45, 7) is 23.3. The Kier molecular flexibility index (Phi) is 12.3. The van der Waals surface area contributed by atoms with Gasteiger partial charge in [0.1, 0.15) is 11.2 Å². The van der Waals surface area contributed by atoms with E-state index in [1.54, 1.807) is 0 Å². The van der Waals surface area contributed by atoms with Gasteiger partial charge in [-0.1, -0.05) is 100 Å². The van der Waals surface area contributed by atoms with Crippen LogP contribution in [0.25, 0.3) is 0 Å². The fourth-order valence-corrected chi connectivity index (χ4v) is 5.40. The first kappa shape index (κ1) is 32.8. The zero-order valence-corrected chi connectivity index (χ0v) is 25.3. The lowest BCUT2D eigenvalue weighted by Crippen LogP contribution is -2.40. The highest BCUT2D eigenvalue weighted by Gasteiger charge is 2.39. The van der Waals surface area contributed by atoms with E-state index >= 15 is 0 Å². The van der Waals surface area contributed by atoms with E-state index in [0.717, 1.165) is 43.2 Å². The average Bonchev–Trinajstić information content (AvgIpc) is 2.80. The van der Waals surface area contributed by atoms with E-state index in [0.29, 0.717) is 31.2 Å². The lowest BCUT2D eigenvalue weighted by atomic mass is 9.78. The van der Waals surface area contributed by atoms with Crippen LogP contribution in [0, 0.1) is 5.41 Å². The lowest BCUT2D eigenvalue weighted by Gasteiger charge is -2.38. The number of benzene rings is 1. The number of ketones is 1. The van der Waals surface area contributed by atoms with Crippen LogP contribution in [-0.2, 0) is 15.4 Å². The van der Waals surface area contributed by atoms with Crippen molar-refractivity contribution in [2.24, 2.45) is 5.41 Å². The van der Waals surface area contributed by atoms with Crippen LogP contribution in [0.15, 0.2) is 18.2 Å². The van der Waals surface area contributed by atoms with Crippen molar-refractivity contribution in [1.29, 1.82) is 0 Å². The molecule has 0 aliphatic heterocycles. The van der Waals surface area contributed by atoms with E-state index in [4.69, 9.17) is 9.78 Å². The van der Waals surface area contributed by atoms with Gasteiger partial charge in [0.2, 0.25) is 0 Å². The van der Waals surface area contributed by atoms with E-state index in [2.05, 4.69) is 88.3 Å². The van der Waals surface area contributed by atoms with Gasteiger partial charge in [-0.15, -0.1) is 0 Å². The first-order chi connectivity index (χ1) is 16.6. The third kappa shape index (κ3) is 8.96. The Bertz CT molecular complexity index is 804. The van der Waals surface area contributed by atoms with Crippen LogP contribution < -0.4 is 0 Å². The van der Waals surface area contributed by atoms with Crippen molar-refractivity contribution in [2.75, 3.05) is 0 Å². The number of rotatable bonds is 16. The maximum atomic E-state index is 14.0.